The highest BCUT2D eigenvalue weighted by Gasteiger charge is 2.30. The van der Waals surface area contributed by atoms with Crippen LogP contribution in [0.4, 0.5) is 0 Å². The molecule has 1 N–H and O–H groups in total. The Bertz CT molecular complexity index is 547. The molecule has 1 aliphatic rings. The summed E-state index contributed by atoms with van der Waals surface area (Å²) in [5.74, 6) is -0.757. The Morgan fingerprint density at radius 3 is 3.00 bits per heavy atom. The van der Waals surface area contributed by atoms with Gasteiger partial charge in [-0.05, 0) is 45.8 Å². The number of rotatable bonds is 3. The minimum absolute atomic E-state index is 0.510. The summed E-state index contributed by atoms with van der Waals surface area (Å²) >= 11 is 3.32. The number of carbonyl (C=O) groups is 1. The van der Waals surface area contributed by atoms with Crippen molar-refractivity contribution in [2.45, 2.75) is 19.0 Å². The summed E-state index contributed by atoms with van der Waals surface area (Å²) in [5, 5.41) is 15.4. The maximum absolute atomic E-state index is 11.5. The van der Waals surface area contributed by atoms with Crippen LogP contribution in [0.1, 0.15) is 22.0 Å². The molecule has 3 heterocycles. The van der Waals surface area contributed by atoms with Gasteiger partial charge in [-0.1, -0.05) is 0 Å². The van der Waals surface area contributed by atoms with Crippen molar-refractivity contribution >= 4 is 28.6 Å². The summed E-state index contributed by atoms with van der Waals surface area (Å²) in [6, 6.07) is 3.51. The second-order valence-corrected chi connectivity index (χ2v) is 6.17. The van der Waals surface area contributed by atoms with Crippen LogP contribution in [0.25, 0.3) is 0 Å². The Kier molecular flexibility index (Phi) is 3.20. The van der Waals surface area contributed by atoms with Crippen molar-refractivity contribution < 1.29 is 9.90 Å². The largest absolute Gasteiger partial charge is 0.480 e. The molecule has 0 aromatic carbocycles. The summed E-state index contributed by atoms with van der Waals surface area (Å²) < 4.78 is 0. The fraction of sp³-hybridized carbons (Fsp3) is 0.308. The van der Waals surface area contributed by atoms with E-state index in [0.717, 1.165) is 25.1 Å². The van der Waals surface area contributed by atoms with Crippen LogP contribution in [-0.4, -0.2) is 22.5 Å². The van der Waals surface area contributed by atoms with Gasteiger partial charge in [-0.2, -0.15) is 11.3 Å². The quantitative estimate of drug-likeness (QED) is 0.939. The lowest BCUT2D eigenvalue weighted by Crippen LogP contribution is -2.37. The van der Waals surface area contributed by atoms with E-state index in [4.69, 9.17) is 0 Å². The third kappa shape index (κ3) is 2.09. The maximum Gasteiger partial charge on any atom is 0.325 e. The molecule has 0 radical (unpaired) electrons. The monoisotopic (exact) mass is 279 g/mol. The van der Waals surface area contributed by atoms with Crippen molar-refractivity contribution in [3.8, 4) is 0 Å². The number of hydrogen-bond donors (Lipinski definition) is 1. The zero-order chi connectivity index (χ0) is 12.5. The maximum atomic E-state index is 11.5. The molecule has 0 saturated heterocycles. The lowest BCUT2D eigenvalue weighted by Gasteiger charge is -2.31. The zero-order valence-corrected chi connectivity index (χ0v) is 11.3. The number of thiophene rings is 2. The van der Waals surface area contributed by atoms with E-state index in [1.54, 1.807) is 22.7 Å². The fourth-order valence-electron chi connectivity index (χ4n) is 2.43. The lowest BCUT2D eigenvalue weighted by atomic mass is 10.0. The highest BCUT2D eigenvalue weighted by atomic mass is 32.1. The Balaban J connectivity index is 1.87. The van der Waals surface area contributed by atoms with E-state index < -0.39 is 12.0 Å². The van der Waals surface area contributed by atoms with Gasteiger partial charge in [0.15, 0.2) is 0 Å². The van der Waals surface area contributed by atoms with Crippen molar-refractivity contribution in [2.24, 2.45) is 0 Å². The van der Waals surface area contributed by atoms with Crippen LogP contribution in [0.3, 0.4) is 0 Å². The molecule has 2 aromatic heterocycles. The van der Waals surface area contributed by atoms with Gasteiger partial charge < -0.3 is 5.11 Å². The Hall–Kier alpha value is -1.17. The SMILES string of the molecule is O=C(O)C(c1ccsc1)N1CCc2sccc2C1. The van der Waals surface area contributed by atoms with Gasteiger partial charge >= 0.3 is 5.97 Å². The highest BCUT2D eigenvalue weighted by Crippen LogP contribution is 2.31. The predicted octanol–water partition coefficient (Wildman–Crippen LogP) is 2.99. The first-order chi connectivity index (χ1) is 8.75. The van der Waals surface area contributed by atoms with E-state index in [-0.39, 0.29) is 0 Å². The van der Waals surface area contributed by atoms with Crippen LogP contribution in [0, 0.1) is 0 Å². The minimum Gasteiger partial charge on any atom is -0.480 e. The summed E-state index contributed by atoms with van der Waals surface area (Å²) in [5.41, 5.74) is 2.18. The molecule has 0 fully saturated rings. The van der Waals surface area contributed by atoms with Crippen molar-refractivity contribution in [2.75, 3.05) is 6.54 Å². The molecule has 2 aromatic rings. The topological polar surface area (TPSA) is 40.5 Å². The predicted molar refractivity (Wildman–Crippen MR) is 73.1 cm³/mol. The van der Waals surface area contributed by atoms with E-state index in [9.17, 15) is 9.90 Å². The van der Waals surface area contributed by atoms with Gasteiger partial charge in [-0.3, -0.25) is 9.69 Å². The second-order valence-electron chi connectivity index (χ2n) is 4.39. The Labute approximate surface area is 113 Å². The standard InChI is InChI=1S/C13H13NO2S2/c15-13(16)12(10-2-5-17-8-10)14-4-1-11-9(7-14)3-6-18-11/h2-3,5-6,8,12H,1,4,7H2,(H,15,16). The first kappa shape index (κ1) is 11.9. The van der Waals surface area contributed by atoms with E-state index >= 15 is 0 Å². The van der Waals surface area contributed by atoms with Crippen molar-refractivity contribution in [1.82, 2.24) is 4.90 Å². The third-order valence-electron chi connectivity index (χ3n) is 3.30. The van der Waals surface area contributed by atoms with Crippen LogP contribution in [0.5, 0.6) is 0 Å². The Morgan fingerprint density at radius 2 is 2.28 bits per heavy atom. The normalized spacial score (nSPS) is 17.3. The first-order valence-electron chi connectivity index (χ1n) is 5.80. The molecule has 0 aliphatic carbocycles. The van der Waals surface area contributed by atoms with Crippen LogP contribution >= 0.6 is 22.7 Å². The summed E-state index contributed by atoms with van der Waals surface area (Å²) in [4.78, 5) is 15.0. The number of nitrogens with zero attached hydrogens (tertiary/aromatic N) is 1. The van der Waals surface area contributed by atoms with E-state index in [1.807, 2.05) is 16.8 Å². The number of carboxylic acid groups (broad SMARTS) is 1. The molecule has 94 valence electrons. The molecule has 5 heteroatoms. The molecule has 3 nitrogen and oxygen atoms in total. The van der Waals surface area contributed by atoms with Gasteiger partial charge in [0.1, 0.15) is 6.04 Å². The molecule has 0 bridgehead atoms. The number of hydrogen-bond acceptors (Lipinski definition) is 4. The van der Waals surface area contributed by atoms with Crippen LogP contribution in [-0.2, 0) is 17.8 Å². The molecule has 0 amide bonds. The molecule has 3 rings (SSSR count). The molecular formula is C13H13NO2S2. The van der Waals surface area contributed by atoms with Crippen molar-refractivity contribution in [1.29, 1.82) is 0 Å². The van der Waals surface area contributed by atoms with Crippen LogP contribution in [0.15, 0.2) is 28.3 Å². The summed E-state index contributed by atoms with van der Waals surface area (Å²) in [6.45, 7) is 1.56. The molecule has 1 atom stereocenters. The van der Waals surface area contributed by atoms with Gasteiger partial charge in [0.2, 0.25) is 0 Å². The summed E-state index contributed by atoms with van der Waals surface area (Å²) in [7, 11) is 0. The summed E-state index contributed by atoms with van der Waals surface area (Å²) in [6.07, 6.45) is 0.959. The fourth-order valence-corrected chi connectivity index (χ4v) is 4.00. The molecule has 0 spiro atoms. The number of fused-ring (bicyclic) bond motifs is 1. The van der Waals surface area contributed by atoms with Gasteiger partial charge in [0.25, 0.3) is 0 Å². The average Bonchev–Trinajstić information content (AvgIpc) is 2.98. The molecule has 18 heavy (non-hydrogen) atoms. The van der Waals surface area contributed by atoms with Crippen LogP contribution < -0.4 is 0 Å². The highest BCUT2D eigenvalue weighted by molar-refractivity contribution is 7.10. The molecule has 0 saturated carbocycles. The van der Waals surface area contributed by atoms with Gasteiger partial charge in [0.05, 0.1) is 0 Å². The smallest absolute Gasteiger partial charge is 0.325 e. The number of aliphatic carboxylic acids is 1. The van der Waals surface area contributed by atoms with Gasteiger partial charge in [-0.25, -0.2) is 0 Å². The second kappa shape index (κ2) is 4.84. The first-order valence-corrected chi connectivity index (χ1v) is 7.62. The molecule has 1 aliphatic heterocycles. The van der Waals surface area contributed by atoms with Crippen LogP contribution in [0.2, 0.25) is 0 Å². The van der Waals surface area contributed by atoms with Gasteiger partial charge in [-0.15, -0.1) is 11.3 Å². The zero-order valence-electron chi connectivity index (χ0n) is 9.70. The van der Waals surface area contributed by atoms with E-state index in [1.165, 1.54) is 10.4 Å². The molecular weight excluding hydrogens is 266 g/mol. The average molecular weight is 279 g/mol. The third-order valence-corrected chi connectivity index (χ3v) is 5.02. The van der Waals surface area contributed by atoms with Gasteiger partial charge in [0, 0.05) is 18.0 Å². The van der Waals surface area contributed by atoms with E-state index in [2.05, 4.69) is 16.3 Å². The number of carboxylic acids is 1. The Morgan fingerprint density at radius 1 is 1.39 bits per heavy atom. The van der Waals surface area contributed by atoms with Crippen molar-refractivity contribution in [3.63, 3.8) is 0 Å². The molecule has 1 unspecified atom stereocenters. The van der Waals surface area contributed by atoms with Crippen molar-refractivity contribution in [3.05, 3.63) is 44.3 Å². The minimum atomic E-state index is -0.757. The van der Waals surface area contributed by atoms with E-state index in [0.29, 0.717) is 0 Å². The lowest BCUT2D eigenvalue weighted by molar-refractivity contribution is -0.144.